The predicted molar refractivity (Wildman–Crippen MR) is 107 cm³/mol. The molecule has 0 saturated heterocycles. The van der Waals surface area contributed by atoms with Crippen LogP contribution < -0.4 is 10.2 Å². The summed E-state index contributed by atoms with van der Waals surface area (Å²) in [5.41, 5.74) is 4.28. The number of aryl methyl sites for hydroxylation is 1. The second-order valence-electron chi connectivity index (χ2n) is 6.15. The van der Waals surface area contributed by atoms with Crippen LogP contribution in [0.15, 0.2) is 45.6 Å². The lowest BCUT2D eigenvalue weighted by Gasteiger charge is -2.22. The van der Waals surface area contributed by atoms with E-state index in [1.165, 1.54) is 6.92 Å². The van der Waals surface area contributed by atoms with Gasteiger partial charge in [-0.3, -0.25) is 9.59 Å². The van der Waals surface area contributed by atoms with E-state index in [9.17, 15) is 9.59 Å². The summed E-state index contributed by atoms with van der Waals surface area (Å²) in [7, 11) is 0. The van der Waals surface area contributed by atoms with E-state index in [4.69, 9.17) is 11.6 Å². The Morgan fingerprint density at radius 3 is 2.42 bits per heavy atom. The summed E-state index contributed by atoms with van der Waals surface area (Å²) >= 11 is 6.15. The fourth-order valence-electron chi connectivity index (χ4n) is 2.79. The maximum Gasteiger partial charge on any atom is 0.221 e. The number of benzene rings is 1. The number of ketones is 1. The first kappa shape index (κ1) is 19.9. The number of hydrogen-bond acceptors (Lipinski definition) is 4. The Morgan fingerprint density at radius 2 is 1.88 bits per heavy atom. The van der Waals surface area contributed by atoms with Crippen molar-refractivity contribution in [3.05, 3.63) is 46.1 Å². The van der Waals surface area contributed by atoms with E-state index >= 15 is 0 Å². The molecule has 0 radical (unpaired) electrons. The molecular weight excluding hydrogens is 350 g/mol. The number of carbonyl (C=O) groups excluding carboxylic acids is 2. The van der Waals surface area contributed by atoms with Crippen molar-refractivity contribution in [2.24, 2.45) is 4.99 Å². The van der Waals surface area contributed by atoms with Crippen molar-refractivity contribution in [1.29, 1.82) is 0 Å². The summed E-state index contributed by atoms with van der Waals surface area (Å²) in [6.07, 6.45) is 1.57. The number of anilines is 1. The van der Waals surface area contributed by atoms with Gasteiger partial charge in [-0.25, -0.2) is 4.99 Å². The van der Waals surface area contributed by atoms with Crippen molar-refractivity contribution in [1.82, 2.24) is 5.32 Å². The van der Waals surface area contributed by atoms with Gasteiger partial charge in [0.05, 0.1) is 22.1 Å². The third kappa shape index (κ3) is 4.22. The number of rotatable bonds is 5. The molecule has 26 heavy (non-hydrogen) atoms. The monoisotopic (exact) mass is 373 g/mol. The van der Waals surface area contributed by atoms with Crippen LogP contribution in [-0.2, 0) is 9.59 Å². The maximum absolute atomic E-state index is 12.2. The smallest absolute Gasteiger partial charge is 0.221 e. The number of aliphatic imine (C=N–C) groups is 1. The van der Waals surface area contributed by atoms with E-state index in [0.717, 1.165) is 30.0 Å². The third-order valence-electron chi connectivity index (χ3n) is 4.30. The standard InChI is InChI=1S/C20H24ClN3O2/c1-6-24(7-2)15-8-9-16(12(3)10-15)23-17-11-18(22-14(5)25)20(26)19(21)13(17)4/h8-11H,6-7H2,1-5H3,(H,22,25). The molecule has 1 aromatic rings. The summed E-state index contributed by atoms with van der Waals surface area (Å²) < 4.78 is 0. The topological polar surface area (TPSA) is 61.8 Å². The molecular formula is C20H24ClN3O2. The lowest BCUT2D eigenvalue weighted by atomic mass is 10.0. The van der Waals surface area contributed by atoms with E-state index in [0.29, 0.717) is 11.3 Å². The molecule has 2 rings (SSSR count). The summed E-state index contributed by atoms with van der Waals surface area (Å²) in [6.45, 7) is 11.2. The molecule has 0 saturated carbocycles. The minimum absolute atomic E-state index is 0.0763. The highest BCUT2D eigenvalue weighted by Crippen LogP contribution is 2.28. The number of nitrogens with zero attached hydrogens (tertiary/aromatic N) is 2. The van der Waals surface area contributed by atoms with E-state index < -0.39 is 5.78 Å². The molecule has 0 aromatic heterocycles. The molecule has 0 heterocycles. The zero-order chi connectivity index (χ0) is 19.4. The van der Waals surface area contributed by atoms with Crippen LogP contribution in [0.2, 0.25) is 0 Å². The van der Waals surface area contributed by atoms with Gasteiger partial charge in [0.1, 0.15) is 0 Å². The van der Waals surface area contributed by atoms with Crippen LogP contribution in [0.3, 0.4) is 0 Å². The van der Waals surface area contributed by atoms with Crippen LogP contribution in [0, 0.1) is 6.92 Å². The molecule has 0 aliphatic heterocycles. The van der Waals surface area contributed by atoms with E-state index in [1.807, 2.05) is 19.1 Å². The van der Waals surface area contributed by atoms with Gasteiger partial charge in [-0.05, 0) is 63.1 Å². The first-order chi connectivity index (χ1) is 12.3. The average Bonchev–Trinajstić information content (AvgIpc) is 2.60. The Hall–Kier alpha value is -2.40. The summed E-state index contributed by atoms with van der Waals surface area (Å²) in [5, 5.41) is 2.59. The van der Waals surface area contributed by atoms with Crippen LogP contribution in [0.5, 0.6) is 0 Å². The predicted octanol–water partition coefficient (Wildman–Crippen LogP) is 4.03. The zero-order valence-electron chi connectivity index (χ0n) is 15.8. The third-order valence-corrected chi connectivity index (χ3v) is 4.75. The van der Waals surface area contributed by atoms with Crippen molar-refractivity contribution in [3.8, 4) is 0 Å². The fraction of sp³-hybridized carbons (Fsp3) is 0.350. The van der Waals surface area contributed by atoms with Gasteiger partial charge >= 0.3 is 0 Å². The molecule has 138 valence electrons. The Balaban J connectivity index is 2.45. The molecule has 5 nitrogen and oxygen atoms in total. The van der Waals surface area contributed by atoms with Gasteiger partial charge in [0, 0.05) is 25.7 Å². The van der Waals surface area contributed by atoms with E-state index in [2.05, 4.69) is 35.1 Å². The first-order valence-corrected chi connectivity index (χ1v) is 9.01. The Labute approximate surface area is 159 Å². The SMILES string of the molecule is CCN(CC)c1ccc(N=C2C=C(NC(C)=O)C(=O)C(Cl)=C2C)c(C)c1. The fourth-order valence-corrected chi connectivity index (χ4v) is 2.99. The number of hydrogen-bond donors (Lipinski definition) is 1. The van der Waals surface area contributed by atoms with Gasteiger partial charge in [-0.15, -0.1) is 0 Å². The average molecular weight is 374 g/mol. The number of halogens is 1. The molecule has 1 amide bonds. The molecule has 6 heteroatoms. The van der Waals surface area contributed by atoms with Gasteiger partial charge < -0.3 is 10.2 Å². The van der Waals surface area contributed by atoms with Crippen LogP contribution in [0.1, 0.15) is 33.3 Å². The molecule has 1 aliphatic rings. The first-order valence-electron chi connectivity index (χ1n) is 8.63. The molecule has 0 unspecified atom stereocenters. The Bertz CT molecular complexity index is 833. The van der Waals surface area contributed by atoms with Crippen LogP contribution in [-0.4, -0.2) is 30.5 Å². The number of amides is 1. The highest BCUT2D eigenvalue weighted by Gasteiger charge is 2.24. The van der Waals surface area contributed by atoms with E-state index in [-0.39, 0.29) is 16.6 Å². The Kier molecular flexibility index (Phi) is 6.37. The summed E-state index contributed by atoms with van der Waals surface area (Å²) in [6, 6.07) is 6.09. The highest BCUT2D eigenvalue weighted by molar-refractivity contribution is 6.49. The Morgan fingerprint density at radius 1 is 1.23 bits per heavy atom. The van der Waals surface area contributed by atoms with Crippen LogP contribution >= 0.6 is 11.6 Å². The lowest BCUT2D eigenvalue weighted by molar-refractivity contribution is -0.120. The molecule has 1 N–H and O–H groups in total. The van der Waals surface area contributed by atoms with Crippen molar-refractivity contribution in [2.75, 3.05) is 18.0 Å². The van der Waals surface area contributed by atoms with Crippen molar-refractivity contribution >= 4 is 40.4 Å². The lowest BCUT2D eigenvalue weighted by Crippen LogP contribution is -2.29. The van der Waals surface area contributed by atoms with Crippen LogP contribution in [0.4, 0.5) is 11.4 Å². The van der Waals surface area contributed by atoms with E-state index in [1.54, 1.807) is 13.0 Å². The highest BCUT2D eigenvalue weighted by atomic mass is 35.5. The molecule has 1 aliphatic carbocycles. The van der Waals surface area contributed by atoms with Gasteiger partial charge in [-0.2, -0.15) is 0 Å². The molecule has 0 atom stereocenters. The van der Waals surface area contributed by atoms with Crippen molar-refractivity contribution in [2.45, 2.75) is 34.6 Å². The van der Waals surface area contributed by atoms with Gasteiger partial charge in [0.15, 0.2) is 0 Å². The minimum atomic E-state index is -0.396. The molecule has 1 aromatic carbocycles. The maximum atomic E-state index is 12.2. The molecule has 0 spiro atoms. The summed E-state index contributed by atoms with van der Waals surface area (Å²) in [5.74, 6) is -0.723. The van der Waals surface area contributed by atoms with Crippen molar-refractivity contribution in [3.63, 3.8) is 0 Å². The number of carbonyl (C=O) groups is 2. The quantitative estimate of drug-likeness (QED) is 0.792. The number of nitrogens with one attached hydrogen (secondary N) is 1. The second-order valence-corrected chi connectivity index (χ2v) is 6.53. The van der Waals surface area contributed by atoms with Gasteiger partial charge in [-0.1, -0.05) is 11.6 Å². The zero-order valence-corrected chi connectivity index (χ0v) is 16.6. The molecule has 0 bridgehead atoms. The number of Topliss-reactive ketones (excluding diaryl/α,β-unsaturated/α-hetero) is 1. The largest absolute Gasteiger partial charge is 0.372 e. The van der Waals surface area contributed by atoms with Gasteiger partial charge in [0.25, 0.3) is 0 Å². The molecule has 0 fully saturated rings. The minimum Gasteiger partial charge on any atom is -0.372 e. The van der Waals surface area contributed by atoms with Crippen molar-refractivity contribution < 1.29 is 9.59 Å². The summed E-state index contributed by atoms with van der Waals surface area (Å²) in [4.78, 5) is 30.4. The normalized spacial score (nSPS) is 16.0. The van der Waals surface area contributed by atoms with Crippen LogP contribution in [0.25, 0.3) is 0 Å². The number of allylic oxidation sites excluding steroid dienone is 3. The van der Waals surface area contributed by atoms with Gasteiger partial charge in [0.2, 0.25) is 11.7 Å². The second kappa shape index (κ2) is 8.32.